The molecule has 3 amide bonds. The van der Waals surface area contributed by atoms with Crippen molar-refractivity contribution < 1.29 is 14.4 Å². The average molecular weight is 418 g/mol. The van der Waals surface area contributed by atoms with Crippen LogP contribution in [0, 0.1) is 0 Å². The highest BCUT2D eigenvalue weighted by Crippen LogP contribution is 2.30. The van der Waals surface area contributed by atoms with Gasteiger partial charge in [0.05, 0.1) is 0 Å². The Bertz CT molecular complexity index is 1080. The lowest BCUT2D eigenvalue weighted by molar-refractivity contribution is -0.136. The van der Waals surface area contributed by atoms with Crippen LogP contribution in [0.3, 0.4) is 0 Å². The van der Waals surface area contributed by atoms with Crippen LogP contribution in [-0.4, -0.2) is 40.6 Å². The van der Waals surface area contributed by atoms with Gasteiger partial charge in [0.15, 0.2) is 0 Å². The summed E-state index contributed by atoms with van der Waals surface area (Å²) in [4.78, 5) is 40.9. The van der Waals surface area contributed by atoms with E-state index in [4.69, 9.17) is 0 Å². The molecule has 0 radical (unpaired) electrons. The first-order valence-electron chi connectivity index (χ1n) is 10.8. The minimum Gasteiger partial charge on any atom is -0.322 e. The maximum absolute atomic E-state index is 13.3. The highest BCUT2D eigenvalue weighted by molar-refractivity contribution is 6.06. The van der Waals surface area contributed by atoms with Gasteiger partial charge in [0.1, 0.15) is 6.04 Å². The fourth-order valence-corrected chi connectivity index (χ4v) is 5.01. The van der Waals surface area contributed by atoms with E-state index < -0.39 is 6.04 Å². The van der Waals surface area contributed by atoms with Crippen LogP contribution >= 0.6 is 0 Å². The molecule has 2 aromatic rings. The number of fused-ring (bicyclic) bond motifs is 2. The van der Waals surface area contributed by atoms with Crippen LogP contribution in [0.4, 0.5) is 0 Å². The second-order valence-electron chi connectivity index (χ2n) is 8.68. The molecule has 1 unspecified atom stereocenters. The molecule has 1 atom stereocenters. The van der Waals surface area contributed by atoms with Crippen LogP contribution in [0.1, 0.15) is 51.0 Å². The molecule has 0 spiro atoms. The van der Waals surface area contributed by atoms with Crippen LogP contribution in [0.2, 0.25) is 0 Å². The van der Waals surface area contributed by atoms with Crippen LogP contribution in [-0.2, 0) is 42.3 Å². The number of benzene rings is 2. The molecule has 7 nitrogen and oxygen atoms in total. The Kier molecular flexibility index (Phi) is 5.08. The fraction of sp³-hybridized carbons (Fsp3) is 0.375. The normalized spacial score (nSPS) is 20.3. The van der Waals surface area contributed by atoms with Gasteiger partial charge >= 0.3 is 0 Å². The Morgan fingerprint density at radius 2 is 1.74 bits per heavy atom. The van der Waals surface area contributed by atoms with Crippen LogP contribution in [0.15, 0.2) is 36.4 Å². The number of hydrogen-bond donors (Lipinski definition) is 2. The van der Waals surface area contributed by atoms with Crippen molar-refractivity contribution in [3.05, 3.63) is 69.8 Å². The standard InChI is InChI=1S/C24H26N4O3/c1-27(12-16-5-2-4-15-10-25-11-19(15)16)13-17-6-3-7-18-14-28(24(31)22(17)18)20-8-9-21(29)26-23(20)30/h2-7,20,25H,8-14H2,1H3,(H,26,29,30). The number of carbonyl (C=O) groups excluding carboxylic acids is 3. The summed E-state index contributed by atoms with van der Waals surface area (Å²) in [6.07, 6.45) is 0.648. The molecule has 5 rings (SSSR count). The highest BCUT2D eigenvalue weighted by atomic mass is 16.2. The topological polar surface area (TPSA) is 81.8 Å². The monoisotopic (exact) mass is 418 g/mol. The lowest BCUT2D eigenvalue weighted by Crippen LogP contribution is -2.52. The summed E-state index contributed by atoms with van der Waals surface area (Å²) in [6.45, 7) is 3.69. The Morgan fingerprint density at radius 3 is 2.55 bits per heavy atom. The first-order valence-corrected chi connectivity index (χ1v) is 10.8. The number of carbonyl (C=O) groups is 3. The van der Waals surface area contributed by atoms with E-state index in [2.05, 4.69) is 40.8 Å². The van der Waals surface area contributed by atoms with Gasteiger partial charge in [0.2, 0.25) is 11.8 Å². The smallest absolute Gasteiger partial charge is 0.255 e. The summed E-state index contributed by atoms with van der Waals surface area (Å²) in [5.74, 6) is -0.753. The molecule has 0 aliphatic carbocycles. The maximum atomic E-state index is 13.3. The van der Waals surface area contributed by atoms with Crippen LogP contribution in [0.5, 0.6) is 0 Å². The second-order valence-corrected chi connectivity index (χ2v) is 8.68. The average Bonchev–Trinajstić information content (AvgIpc) is 3.34. The van der Waals surface area contributed by atoms with E-state index in [0.717, 1.165) is 30.8 Å². The van der Waals surface area contributed by atoms with Gasteiger partial charge in [-0.15, -0.1) is 0 Å². The zero-order valence-electron chi connectivity index (χ0n) is 17.6. The van der Waals surface area contributed by atoms with E-state index in [0.29, 0.717) is 25.1 Å². The molecule has 7 heteroatoms. The third-order valence-electron chi connectivity index (χ3n) is 6.51. The van der Waals surface area contributed by atoms with Crippen LogP contribution in [0.25, 0.3) is 0 Å². The molecule has 2 N–H and O–H groups in total. The Labute approximate surface area is 181 Å². The maximum Gasteiger partial charge on any atom is 0.255 e. The Morgan fingerprint density at radius 1 is 1.00 bits per heavy atom. The molecular formula is C24H26N4O3. The van der Waals surface area contributed by atoms with Crippen molar-refractivity contribution in [3.63, 3.8) is 0 Å². The first kappa shape index (κ1) is 19.9. The molecule has 1 fully saturated rings. The summed E-state index contributed by atoms with van der Waals surface area (Å²) in [5, 5.41) is 5.77. The quantitative estimate of drug-likeness (QED) is 0.722. The van der Waals surface area contributed by atoms with Crippen molar-refractivity contribution >= 4 is 17.7 Å². The molecule has 31 heavy (non-hydrogen) atoms. The van der Waals surface area contributed by atoms with Crippen molar-refractivity contribution in [2.75, 3.05) is 7.05 Å². The zero-order chi connectivity index (χ0) is 21.5. The highest BCUT2D eigenvalue weighted by Gasteiger charge is 2.40. The van der Waals surface area contributed by atoms with Crippen molar-refractivity contribution in [3.8, 4) is 0 Å². The van der Waals surface area contributed by atoms with Crippen molar-refractivity contribution in [2.45, 2.75) is 51.6 Å². The van der Waals surface area contributed by atoms with E-state index in [9.17, 15) is 14.4 Å². The molecule has 3 heterocycles. The first-order chi connectivity index (χ1) is 15.0. The minimum atomic E-state index is -0.581. The van der Waals surface area contributed by atoms with Gasteiger partial charge < -0.3 is 10.2 Å². The van der Waals surface area contributed by atoms with Gasteiger partial charge in [-0.1, -0.05) is 36.4 Å². The molecule has 0 bridgehead atoms. The molecule has 3 aliphatic rings. The summed E-state index contributed by atoms with van der Waals surface area (Å²) in [5.41, 5.74) is 6.69. The van der Waals surface area contributed by atoms with E-state index >= 15 is 0 Å². The third kappa shape index (κ3) is 3.64. The molecular weight excluding hydrogens is 392 g/mol. The van der Waals surface area contributed by atoms with Gasteiger partial charge in [0.25, 0.3) is 5.91 Å². The number of rotatable bonds is 5. The van der Waals surface area contributed by atoms with Gasteiger partial charge in [-0.3, -0.25) is 24.6 Å². The van der Waals surface area contributed by atoms with Gasteiger partial charge in [-0.25, -0.2) is 0 Å². The molecule has 0 aromatic heterocycles. The summed E-state index contributed by atoms with van der Waals surface area (Å²) < 4.78 is 0. The lowest BCUT2D eigenvalue weighted by Gasteiger charge is -2.29. The second kappa shape index (κ2) is 7.90. The molecule has 2 aromatic carbocycles. The van der Waals surface area contributed by atoms with E-state index in [1.165, 1.54) is 16.7 Å². The summed E-state index contributed by atoms with van der Waals surface area (Å²) >= 11 is 0. The lowest BCUT2D eigenvalue weighted by atomic mass is 10.0. The molecule has 160 valence electrons. The van der Waals surface area contributed by atoms with Gasteiger partial charge in [-0.2, -0.15) is 0 Å². The van der Waals surface area contributed by atoms with E-state index in [-0.39, 0.29) is 24.1 Å². The third-order valence-corrected chi connectivity index (χ3v) is 6.51. The Balaban J connectivity index is 1.34. The SMILES string of the molecule is CN(Cc1cccc2c1CNC2)Cc1cccc2c1C(=O)N(C1CCC(=O)NC1=O)C2. The fourth-order valence-electron chi connectivity index (χ4n) is 5.01. The predicted molar refractivity (Wildman–Crippen MR) is 115 cm³/mol. The van der Waals surface area contributed by atoms with Crippen LogP contribution < -0.4 is 10.6 Å². The summed E-state index contributed by atoms with van der Waals surface area (Å²) in [7, 11) is 2.07. The number of hydrogen-bond acceptors (Lipinski definition) is 5. The number of nitrogens with one attached hydrogen (secondary N) is 2. The molecule has 3 aliphatic heterocycles. The minimum absolute atomic E-state index is 0.113. The van der Waals surface area contributed by atoms with E-state index in [1.807, 2.05) is 18.2 Å². The Hall–Kier alpha value is -3.03. The van der Waals surface area contributed by atoms with Crippen molar-refractivity contribution in [1.82, 2.24) is 20.4 Å². The molecule has 0 saturated carbocycles. The molecule has 1 saturated heterocycles. The largest absolute Gasteiger partial charge is 0.322 e. The van der Waals surface area contributed by atoms with E-state index in [1.54, 1.807) is 4.90 Å². The van der Waals surface area contributed by atoms with Crippen molar-refractivity contribution in [2.24, 2.45) is 0 Å². The van der Waals surface area contributed by atoms with Gasteiger partial charge in [-0.05, 0) is 41.3 Å². The number of nitrogens with zero attached hydrogens (tertiary/aromatic N) is 2. The predicted octanol–water partition coefficient (Wildman–Crippen LogP) is 1.68. The number of imide groups is 1. The van der Waals surface area contributed by atoms with Crippen molar-refractivity contribution in [1.29, 1.82) is 0 Å². The summed E-state index contributed by atoms with van der Waals surface area (Å²) in [6, 6.07) is 11.8. The number of amides is 3. The van der Waals surface area contributed by atoms with Gasteiger partial charge in [0, 0.05) is 44.7 Å². The number of piperidine rings is 1. The zero-order valence-corrected chi connectivity index (χ0v) is 17.6.